The van der Waals surface area contributed by atoms with Crippen LogP contribution in [0.1, 0.15) is 18.1 Å². The van der Waals surface area contributed by atoms with Gasteiger partial charge in [0.15, 0.2) is 17.5 Å². The first kappa shape index (κ1) is 19.8. The Morgan fingerprint density at radius 2 is 1.85 bits per heavy atom. The molecule has 0 spiro atoms. The second-order valence-corrected chi connectivity index (χ2v) is 5.94. The highest BCUT2D eigenvalue weighted by Gasteiger charge is 2.05. The maximum absolute atomic E-state index is 5.80. The first-order chi connectivity index (χ1) is 12.7. The molecule has 0 amide bonds. The largest absolute Gasteiger partial charge is 0.493 e. The number of aromatic nitrogens is 1. The third-order valence-electron chi connectivity index (χ3n) is 3.71. The van der Waals surface area contributed by atoms with Crippen LogP contribution < -0.4 is 20.1 Å². The summed E-state index contributed by atoms with van der Waals surface area (Å²) in [5, 5.41) is 7.08. The summed E-state index contributed by atoms with van der Waals surface area (Å²) in [7, 11) is 3.25. The van der Waals surface area contributed by atoms with Crippen LogP contribution in [0.2, 0.25) is 5.15 Å². The van der Waals surface area contributed by atoms with Crippen LogP contribution in [0.5, 0.6) is 11.5 Å². The molecule has 6 nitrogen and oxygen atoms in total. The Labute approximate surface area is 159 Å². The molecular weight excluding hydrogens is 352 g/mol. The van der Waals surface area contributed by atoms with Gasteiger partial charge in [0, 0.05) is 19.3 Å². The summed E-state index contributed by atoms with van der Waals surface area (Å²) < 4.78 is 10.6. The maximum Gasteiger partial charge on any atom is 0.191 e. The first-order valence-corrected chi connectivity index (χ1v) is 8.87. The van der Waals surface area contributed by atoms with E-state index in [1.165, 1.54) is 0 Å². The zero-order valence-electron chi connectivity index (χ0n) is 15.4. The van der Waals surface area contributed by atoms with Gasteiger partial charge in [-0.05, 0) is 42.7 Å². The number of hydrogen-bond donors (Lipinski definition) is 2. The number of hydrogen-bond acceptors (Lipinski definition) is 4. The van der Waals surface area contributed by atoms with Crippen molar-refractivity contribution in [2.24, 2.45) is 4.99 Å². The van der Waals surface area contributed by atoms with Gasteiger partial charge in [-0.3, -0.25) is 0 Å². The van der Waals surface area contributed by atoms with Gasteiger partial charge in [0.2, 0.25) is 0 Å². The number of aliphatic imine (C=N–C) groups is 1. The molecule has 0 aliphatic heterocycles. The number of rotatable bonds is 8. The van der Waals surface area contributed by atoms with Gasteiger partial charge in [-0.15, -0.1) is 0 Å². The number of nitrogens with zero attached hydrogens (tertiary/aromatic N) is 2. The standard InChI is InChI=1S/C19H25ClN4O2/c1-4-21-19(22-10-9-14-6-8-18(20)23-12-14)24-13-15-5-7-16(25-2)17(11-15)26-3/h5-8,11-12H,4,9-10,13H2,1-3H3,(H2,21,22,24). The smallest absolute Gasteiger partial charge is 0.191 e. The van der Waals surface area contributed by atoms with Crippen molar-refractivity contribution >= 4 is 17.6 Å². The molecule has 2 N–H and O–H groups in total. The minimum atomic E-state index is 0.506. The highest BCUT2D eigenvalue weighted by atomic mass is 35.5. The molecule has 0 saturated heterocycles. The normalized spacial score (nSPS) is 11.2. The van der Waals surface area contributed by atoms with E-state index >= 15 is 0 Å². The average molecular weight is 377 g/mol. The van der Waals surface area contributed by atoms with Gasteiger partial charge < -0.3 is 20.1 Å². The topological polar surface area (TPSA) is 67.8 Å². The number of pyridine rings is 1. The van der Waals surface area contributed by atoms with E-state index < -0.39 is 0 Å². The van der Waals surface area contributed by atoms with E-state index in [0.717, 1.165) is 36.6 Å². The lowest BCUT2D eigenvalue weighted by Crippen LogP contribution is -2.38. The molecule has 0 aliphatic carbocycles. The number of methoxy groups -OCH3 is 2. The van der Waals surface area contributed by atoms with Crippen molar-refractivity contribution in [2.75, 3.05) is 27.3 Å². The molecule has 1 aromatic heterocycles. The van der Waals surface area contributed by atoms with Crippen LogP contribution >= 0.6 is 11.6 Å². The molecule has 140 valence electrons. The monoisotopic (exact) mass is 376 g/mol. The Hall–Kier alpha value is -2.47. The van der Waals surface area contributed by atoms with E-state index in [0.29, 0.717) is 23.2 Å². The van der Waals surface area contributed by atoms with Crippen LogP contribution in [0, 0.1) is 0 Å². The van der Waals surface area contributed by atoms with Crippen molar-refractivity contribution in [3.05, 3.63) is 52.8 Å². The van der Waals surface area contributed by atoms with Crippen molar-refractivity contribution in [3.63, 3.8) is 0 Å². The van der Waals surface area contributed by atoms with Crippen LogP contribution in [0.3, 0.4) is 0 Å². The molecule has 1 heterocycles. The third kappa shape index (κ3) is 6.11. The molecule has 2 rings (SSSR count). The molecule has 7 heteroatoms. The van der Waals surface area contributed by atoms with Crippen LogP contribution in [0.15, 0.2) is 41.5 Å². The van der Waals surface area contributed by atoms with Gasteiger partial charge in [0.05, 0.1) is 20.8 Å². The second-order valence-electron chi connectivity index (χ2n) is 5.55. The van der Waals surface area contributed by atoms with E-state index in [1.807, 2.05) is 31.2 Å². The van der Waals surface area contributed by atoms with Crippen LogP contribution in [0.25, 0.3) is 0 Å². The summed E-state index contributed by atoms with van der Waals surface area (Å²) in [4.78, 5) is 8.71. The Bertz CT molecular complexity index is 720. The van der Waals surface area contributed by atoms with Gasteiger partial charge in [-0.25, -0.2) is 9.98 Å². The van der Waals surface area contributed by atoms with Gasteiger partial charge >= 0.3 is 0 Å². The van der Waals surface area contributed by atoms with Gasteiger partial charge in [0.1, 0.15) is 5.15 Å². The molecule has 0 unspecified atom stereocenters. The molecule has 26 heavy (non-hydrogen) atoms. The fourth-order valence-corrected chi connectivity index (χ4v) is 2.48. The zero-order chi connectivity index (χ0) is 18.8. The second kappa shape index (κ2) is 10.5. The van der Waals surface area contributed by atoms with Crippen molar-refractivity contribution < 1.29 is 9.47 Å². The number of halogens is 1. The fourth-order valence-electron chi connectivity index (χ4n) is 2.37. The Morgan fingerprint density at radius 3 is 2.50 bits per heavy atom. The van der Waals surface area contributed by atoms with Gasteiger partial charge in [0.25, 0.3) is 0 Å². The summed E-state index contributed by atoms with van der Waals surface area (Å²) in [6.07, 6.45) is 2.63. The summed E-state index contributed by atoms with van der Waals surface area (Å²) in [5.74, 6) is 2.18. The summed E-state index contributed by atoms with van der Waals surface area (Å²) in [6, 6.07) is 9.58. The van der Waals surface area contributed by atoms with Gasteiger partial charge in [-0.1, -0.05) is 23.7 Å². The van der Waals surface area contributed by atoms with E-state index in [4.69, 9.17) is 21.1 Å². The van der Waals surface area contributed by atoms with Crippen LogP contribution in [-0.4, -0.2) is 38.3 Å². The lowest BCUT2D eigenvalue weighted by molar-refractivity contribution is 0.354. The number of guanidine groups is 1. The van der Waals surface area contributed by atoms with Crippen LogP contribution in [0.4, 0.5) is 0 Å². The number of benzene rings is 1. The van der Waals surface area contributed by atoms with Crippen LogP contribution in [-0.2, 0) is 13.0 Å². The predicted octanol–water partition coefficient (Wildman–Crippen LogP) is 3.05. The maximum atomic E-state index is 5.80. The molecule has 0 radical (unpaired) electrons. The van der Waals surface area contributed by atoms with E-state index in [9.17, 15) is 0 Å². The Balaban J connectivity index is 1.94. The fraction of sp³-hybridized carbons (Fsp3) is 0.368. The molecule has 0 atom stereocenters. The highest BCUT2D eigenvalue weighted by molar-refractivity contribution is 6.29. The molecule has 1 aromatic carbocycles. The van der Waals surface area contributed by atoms with E-state index in [2.05, 4.69) is 20.6 Å². The van der Waals surface area contributed by atoms with Crippen molar-refractivity contribution in [3.8, 4) is 11.5 Å². The van der Waals surface area contributed by atoms with E-state index in [-0.39, 0.29) is 0 Å². The molecule has 2 aromatic rings. The minimum absolute atomic E-state index is 0.506. The minimum Gasteiger partial charge on any atom is -0.493 e. The molecular formula is C19H25ClN4O2. The molecule has 0 fully saturated rings. The quantitative estimate of drug-likeness (QED) is 0.421. The van der Waals surface area contributed by atoms with Crippen molar-refractivity contribution in [2.45, 2.75) is 19.9 Å². The Kier molecular flexibility index (Phi) is 8.02. The summed E-state index contributed by atoms with van der Waals surface area (Å²) >= 11 is 5.80. The highest BCUT2D eigenvalue weighted by Crippen LogP contribution is 2.27. The van der Waals surface area contributed by atoms with Crippen molar-refractivity contribution in [1.29, 1.82) is 0 Å². The third-order valence-corrected chi connectivity index (χ3v) is 3.93. The summed E-state index contributed by atoms with van der Waals surface area (Å²) in [5.41, 5.74) is 2.17. The molecule has 0 bridgehead atoms. The molecule has 0 saturated carbocycles. The molecule has 0 aliphatic rings. The predicted molar refractivity (Wildman–Crippen MR) is 105 cm³/mol. The number of nitrogens with one attached hydrogen (secondary N) is 2. The number of ether oxygens (including phenoxy) is 2. The average Bonchev–Trinajstić information content (AvgIpc) is 2.67. The summed E-state index contributed by atoms with van der Waals surface area (Å²) in [6.45, 7) is 4.12. The Morgan fingerprint density at radius 1 is 1.08 bits per heavy atom. The zero-order valence-corrected chi connectivity index (χ0v) is 16.1. The lowest BCUT2D eigenvalue weighted by Gasteiger charge is -2.12. The van der Waals surface area contributed by atoms with Crippen molar-refractivity contribution in [1.82, 2.24) is 15.6 Å². The first-order valence-electron chi connectivity index (χ1n) is 8.49. The van der Waals surface area contributed by atoms with Gasteiger partial charge in [-0.2, -0.15) is 0 Å². The van der Waals surface area contributed by atoms with E-state index in [1.54, 1.807) is 26.5 Å². The lowest BCUT2D eigenvalue weighted by atomic mass is 10.2. The SMILES string of the molecule is CCNC(=NCc1ccc(OC)c(OC)c1)NCCc1ccc(Cl)nc1.